The molecule has 0 saturated heterocycles. The number of aliphatic carboxylic acids is 1. The van der Waals surface area contributed by atoms with E-state index in [1.807, 2.05) is 19.9 Å². The number of ketones is 1. The van der Waals surface area contributed by atoms with Gasteiger partial charge in [-0.25, -0.2) is 9.79 Å². The summed E-state index contributed by atoms with van der Waals surface area (Å²) in [6, 6.07) is 10.8. The molecule has 0 heterocycles. The number of carbonyl (C=O) groups is 4. The second-order valence-corrected chi connectivity index (χ2v) is 8.48. The fourth-order valence-corrected chi connectivity index (χ4v) is 3.63. The Morgan fingerprint density at radius 2 is 1.83 bits per heavy atom. The Hall–Kier alpha value is -3.72. The Morgan fingerprint density at radius 1 is 1.17 bits per heavy atom. The van der Waals surface area contributed by atoms with Gasteiger partial charge >= 0.3 is 12.0 Å². The zero-order chi connectivity index (χ0) is 26.8. The van der Waals surface area contributed by atoms with Crippen LogP contribution >= 0.6 is 11.6 Å². The van der Waals surface area contributed by atoms with Crippen molar-refractivity contribution in [3.05, 3.63) is 64.2 Å². The van der Waals surface area contributed by atoms with Gasteiger partial charge < -0.3 is 10.0 Å². The summed E-state index contributed by atoms with van der Waals surface area (Å²) >= 11 is 5.94. The number of urea groups is 1. The number of hydrogen-bond acceptors (Lipinski definition) is 5. The predicted octanol–water partition coefficient (Wildman–Crippen LogP) is 4.65. The number of carboxylic acids is 1. The summed E-state index contributed by atoms with van der Waals surface area (Å²) in [6.07, 6.45) is 1.40. The van der Waals surface area contributed by atoms with Crippen LogP contribution in [0.4, 0.5) is 10.5 Å². The maximum absolute atomic E-state index is 12.9. The summed E-state index contributed by atoms with van der Waals surface area (Å²) in [5.41, 5.74) is 2.66. The minimum absolute atomic E-state index is 0.0215. The average molecular weight is 515 g/mol. The molecular weight excluding hydrogens is 484 g/mol. The maximum Gasteiger partial charge on any atom is 0.324 e. The lowest BCUT2D eigenvalue weighted by molar-refractivity contribution is -0.137. The molecule has 192 valence electrons. The summed E-state index contributed by atoms with van der Waals surface area (Å²) in [4.78, 5) is 54.9. The highest BCUT2D eigenvalue weighted by molar-refractivity contribution is 6.30. The van der Waals surface area contributed by atoms with Crippen LogP contribution in [-0.4, -0.2) is 58.1 Å². The lowest BCUT2D eigenvalue weighted by Crippen LogP contribution is -2.50. The molecule has 0 aliphatic heterocycles. The molecule has 36 heavy (non-hydrogen) atoms. The van der Waals surface area contributed by atoms with Crippen molar-refractivity contribution in [3.63, 3.8) is 0 Å². The third-order valence-electron chi connectivity index (χ3n) is 5.59. The Labute approximate surface area is 215 Å². The van der Waals surface area contributed by atoms with Crippen LogP contribution in [0.1, 0.15) is 55.1 Å². The van der Waals surface area contributed by atoms with Gasteiger partial charge in [-0.2, -0.15) is 0 Å². The highest BCUT2D eigenvalue weighted by atomic mass is 35.5. The Morgan fingerprint density at radius 3 is 2.44 bits per heavy atom. The van der Waals surface area contributed by atoms with E-state index in [1.165, 1.54) is 16.8 Å². The quantitative estimate of drug-likeness (QED) is 0.317. The second-order valence-electron chi connectivity index (χ2n) is 8.05. The van der Waals surface area contributed by atoms with Crippen molar-refractivity contribution < 1.29 is 24.3 Å². The zero-order valence-corrected chi connectivity index (χ0v) is 21.6. The largest absolute Gasteiger partial charge is 0.481 e. The number of hydrogen-bond donors (Lipinski definition) is 2. The molecule has 0 spiro atoms. The minimum Gasteiger partial charge on any atom is -0.481 e. The van der Waals surface area contributed by atoms with E-state index in [4.69, 9.17) is 16.7 Å². The number of nitrogens with zero attached hydrogens (tertiary/aromatic N) is 3. The smallest absolute Gasteiger partial charge is 0.324 e. The summed E-state index contributed by atoms with van der Waals surface area (Å²) in [6.45, 7) is 5.69. The molecule has 2 aromatic carbocycles. The van der Waals surface area contributed by atoms with Crippen molar-refractivity contribution >= 4 is 47.4 Å². The molecule has 10 heteroatoms. The Balaban J connectivity index is 0.00000222. The standard InChI is InChI=1S/C24H25ClN4O5.C2H6/c1-15(11-22(32)33)28(2)24(34)27-23(29(14-30)13-16-3-7-18(25)8-4-16)26-19-9-5-17-6-10-21(31)20(17)12-19;1-2/h3-5,7-9,12,14-15H,6,10-11,13H2,1-2H3,(H,32,33)(H,26,27,34);1-2H3. The maximum atomic E-state index is 12.9. The van der Waals surface area contributed by atoms with E-state index < -0.39 is 18.0 Å². The van der Waals surface area contributed by atoms with Crippen LogP contribution in [0.3, 0.4) is 0 Å². The molecule has 3 rings (SSSR count). The average Bonchev–Trinajstić information content (AvgIpc) is 3.23. The number of rotatable bonds is 7. The van der Waals surface area contributed by atoms with Crippen LogP contribution < -0.4 is 5.32 Å². The number of amides is 3. The molecule has 0 fully saturated rings. The number of nitrogens with one attached hydrogen (secondary N) is 1. The highest BCUT2D eigenvalue weighted by Gasteiger charge is 2.23. The third-order valence-corrected chi connectivity index (χ3v) is 5.84. The van der Waals surface area contributed by atoms with Crippen molar-refractivity contribution in [1.29, 1.82) is 0 Å². The number of halogens is 1. The number of aryl methyl sites for hydroxylation is 1. The van der Waals surface area contributed by atoms with Gasteiger partial charge in [-0.15, -0.1) is 0 Å². The van der Waals surface area contributed by atoms with Gasteiger partial charge in [0.2, 0.25) is 12.4 Å². The van der Waals surface area contributed by atoms with Crippen LogP contribution in [-0.2, 0) is 22.6 Å². The number of fused-ring (bicyclic) bond motifs is 1. The number of Topliss-reactive ketones (excluding diaryl/α,β-unsaturated/α-hetero) is 1. The third kappa shape index (κ3) is 7.64. The molecule has 0 radical (unpaired) electrons. The van der Waals surface area contributed by atoms with Gasteiger partial charge in [-0.3, -0.25) is 24.6 Å². The monoisotopic (exact) mass is 514 g/mol. The topological polar surface area (TPSA) is 119 Å². The van der Waals surface area contributed by atoms with Gasteiger partial charge in [-0.1, -0.05) is 43.6 Å². The number of guanidine groups is 1. The van der Waals surface area contributed by atoms with Gasteiger partial charge in [-0.05, 0) is 48.7 Å². The summed E-state index contributed by atoms with van der Waals surface area (Å²) in [7, 11) is 1.46. The fourth-order valence-electron chi connectivity index (χ4n) is 3.50. The first-order valence-electron chi connectivity index (χ1n) is 11.6. The lowest BCUT2D eigenvalue weighted by atomic mass is 10.1. The molecule has 1 aliphatic carbocycles. The van der Waals surface area contributed by atoms with E-state index in [0.717, 1.165) is 11.1 Å². The molecule has 1 unspecified atom stereocenters. The van der Waals surface area contributed by atoms with E-state index in [-0.39, 0.29) is 24.7 Å². The lowest BCUT2D eigenvalue weighted by Gasteiger charge is -2.26. The zero-order valence-electron chi connectivity index (χ0n) is 20.8. The van der Waals surface area contributed by atoms with E-state index in [0.29, 0.717) is 35.5 Å². The Kier molecular flexibility index (Phi) is 10.6. The summed E-state index contributed by atoms with van der Waals surface area (Å²) < 4.78 is 0. The first-order chi connectivity index (χ1) is 17.2. The molecule has 2 N–H and O–H groups in total. The summed E-state index contributed by atoms with van der Waals surface area (Å²) in [5.74, 6) is -1.08. The number of benzene rings is 2. The van der Waals surface area contributed by atoms with Crippen molar-refractivity contribution in [2.75, 3.05) is 7.05 Å². The molecule has 0 aromatic heterocycles. The number of carbonyl (C=O) groups excluding carboxylic acids is 3. The van der Waals surface area contributed by atoms with Gasteiger partial charge in [0.05, 0.1) is 18.7 Å². The molecule has 2 aromatic rings. The van der Waals surface area contributed by atoms with Crippen molar-refractivity contribution in [2.45, 2.75) is 52.6 Å². The van der Waals surface area contributed by atoms with Crippen molar-refractivity contribution in [3.8, 4) is 0 Å². The molecule has 0 saturated carbocycles. The number of aliphatic imine (C=N–C) groups is 1. The van der Waals surface area contributed by atoms with Crippen molar-refractivity contribution in [2.24, 2.45) is 4.99 Å². The van der Waals surface area contributed by atoms with E-state index in [1.54, 1.807) is 43.3 Å². The van der Waals surface area contributed by atoms with Crippen LogP contribution in [0, 0.1) is 0 Å². The van der Waals surface area contributed by atoms with E-state index >= 15 is 0 Å². The van der Waals surface area contributed by atoms with Crippen LogP contribution in [0.5, 0.6) is 0 Å². The first-order valence-corrected chi connectivity index (χ1v) is 12.0. The predicted molar refractivity (Wildman–Crippen MR) is 139 cm³/mol. The van der Waals surface area contributed by atoms with Gasteiger partial charge in [0.1, 0.15) is 0 Å². The minimum atomic E-state index is -1.04. The van der Waals surface area contributed by atoms with Crippen molar-refractivity contribution in [1.82, 2.24) is 15.1 Å². The van der Waals surface area contributed by atoms with Crippen LogP contribution in [0.25, 0.3) is 0 Å². The fraction of sp³-hybridized carbons (Fsp3) is 0.346. The van der Waals surface area contributed by atoms with E-state index in [9.17, 15) is 19.2 Å². The molecular formula is C26H31ClN4O5. The molecule has 9 nitrogen and oxygen atoms in total. The summed E-state index contributed by atoms with van der Waals surface area (Å²) in [5, 5.41) is 12.2. The SMILES string of the molecule is CC.CC(CC(=O)O)N(C)C(=O)NC(=Nc1ccc2c(c1)C(=O)CC2)N(C=O)Cc1ccc(Cl)cc1. The van der Waals surface area contributed by atoms with E-state index in [2.05, 4.69) is 10.3 Å². The second kappa shape index (κ2) is 13.4. The highest BCUT2D eigenvalue weighted by Crippen LogP contribution is 2.26. The molecule has 0 bridgehead atoms. The molecule has 3 amide bonds. The van der Waals surface area contributed by atoms with Crippen LogP contribution in [0.15, 0.2) is 47.5 Å². The van der Waals surface area contributed by atoms with Gasteiger partial charge in [0, 0.05) is 30.1 Å². The normalized spacial score (nSPS) is 13.1. The molecule has 1 atom stereocenters. The Bertz CT molecular complexity index is 1130. The number of carboxylic acid groups (broad SMARTS) is 1. The first kappa shape index (κ1) is 28.5. The van der Waals surface area contributed by atoms with Crippen LogP contribution in [0.2, 0.25) is 5.02 Å². The molecule has 1 aliphatic rings. The van der Waals surface area contributed by atoms with Gasteiger partial charge in [0.15, 0.2) is 5.78 Å². The van der Waals surface area contributed by atoms with Gasteiger partial charge in [0.25, 0.3) is 0 Å².